The highest BCUT2D eigenvalue weighted by Gasteiger charge is 2.17. The summed E-state index contributed by atoms with van der Waals surface area (Å²) in [5.74, 6) is 1.08. The molecule has 0 atom stereocenters. The summed E-state index contributed by atoms with van der Waals surface area (Å²) in [6.07, 6.45) is 1.49. The molecule has 1 aromatic carbocycles. The molecular weight excluding hydrogens is 271 g/mol. The zero-order chi connectivity index (χ0) is 15.4. The Kier molecular flexibility index (Phi) is 4.96. The van der Waals surface area contributed by atoms with E-state index < -0.39 is 0 Å². The molecule has 0 radical (unpaired) electrons. The molecular formula is C16H21FN2O2. The number of aromatic nitrogens is 2. The van der Waals surface area contributed by atoms with E-state index in [1.54, 1.807) is 23.7 Å². The molecule has 2 rings (SSSR count). The Morgan fingerprint density at radius 1 is 1.29 bits per heavy atom. The maximum Gasteiger partial charge on any atom is 0.171 e. The lowest BCUT2D eigenvalue weighted by Crippen LogP contribution is -2.08. The van der Waals surface area contributed by atoms with Crippen LogP contribution in [0.2, 0.25) is 0 Å². The van der Waals surface area contributed by atoms with Crippen LogP contribution in [0.25, 0.3) is 0 Å². The first-order valence-corrected chi connectivity index (χ1v) is 7.24. The van der Waals surface area contributed by atoms with Crippen molar-refractivity contribution < 1.29 is 14.2 Å². The lowest BCUT2D eigenvalue weighted by molar-refractivity contribution is 0.267. The molecule has 1 N–H and O–H groups in total. The third-order valence-corrected chi connectivity index (χ3v) is 3.41. The van der Waals surface area contributed by atoms with Gasteiger partial charge in [0, 0.05) is 0 Å². The molecule has 0 spiro atoms. The van der Waals surface area contributed by atoms with Gasteiger partial charge in [-0.25, -0.2) is 4.39 Å². The first kappa shape index (κ1) is 15.5. The van der Waals surface area contributed by atoms with E-state index in [4.69, 9.17) is 9.84 Å². The number of nitrogens with zero attached hydrogens (tertiary/aromatic N) is 2. The van der Waals surface area contributed by atoms with Crippen molar-refractivity contribution >= 4 is 0 Å². The molecule has 0 saturated heterocycles. The van der Waals surface area contributed by atoms with Crippen LogP contribution in [0.15, 0.2) is 18.2 Å². The molecule has 1 aromatic heterocycles. The summed E-state index contributed by atoms with van der Waals surface area (Å²) < 4.78 is 21.1. The van der Waals surface area contributed by atoms with E-state index in [-0.39, 0.29) is 12.4 Å². The van der Waals surface area contributed by atoms with Crippen LogP contribution in [-0.4, -0.2) is 21.5 Å². The average Bonchev–Trinajstić information content (AvgIpc) is 2.80. The van der Waals surface area contributed by atoms with Crippen LogP contribution in [0.3, 0.4) is 0 Å². The van der Waals surface area contributed by atoms with E-state index in [1.165, 1.54) is 6.07 Å². The highest BCUT2D eigenvalue weighted by molar-refractivity contribution is 5.40. The van der Waals surface area contributed by atoms with Gasteiger partial charge in [-0.15, -0.1) is 0 Å². The molecule has 1 heterocycles. The predicted molar refractivity (Wildman–Crippen MR) is 79.3 cm³/mol. The van der Waals surface area contributed by atoms with Crippen molar-refractivity contribution in [3.8, 4) is 11.5 Å². The second-order valence-corrected chi connectivity index (χ2v) is 4.89. The fraction of sp³-hybridized carbons (Fsp3) is 0.438. The number of rotatable bonds is 6. The largest absolute Gasteiger partial charge is 0.453 e. The maximum atomic E-state index is 13.3. The number of ether oxygens (including phenoxy) is 1. The minimum atomic E-state index is -0.246. The zero-order valence-corrected chi connectivity index (χ0v) is 12.7. The Hall–Kier alpha value is -1.88. The zero-order valence-electron chi connectivity index (χ0n) is 12.7. The number of aliphatic hydroxyl groups is 1. The van der Waals surface area contributed by atoms with E-state index in [9.17, 15) is 4.39 Å². The smallest absolute Gasteiger partial charge is 0.171 e. The predicted octanol–water partition coefficient (Wildman–Crippen LogP) is 3.24. The summed E-state index contributed by atoms with van der Waals surface area (Å²) in [7, 11) is 0. The number of benzene rings is 1. The van der Waals surface area contributed by atoms with Gasteiger partial charge in [0.25, 0.3) is 0 Å². The van der Waals surface area contributed by atoms with E-state index in [2.05, 4.69) is 5.10 Å². The molecule has 0 aliphatic rings. The molecule has 114 valence electrons. The molecule has 0 bridgehead atoms. The van der Waals surface area contributed by atoms with Crippen LogP contribution in [0.5, 0.6) is 11.5 Å². The van der Waals surface area contributed by atoms with Crippen molar-refractivity contribution in [2.75, 3.05) is 6.61 Å². The van der Waals surface area contributed by atoms with Crippen molar-refractivity contribution in [1.29, 1.82) is 0 Å². The van der Waals surface area contributed by atoms with Crippen molar-refractivity contribution in [2.45, 2.75) is 40.2 Å². The van der Waals surface area contributed by atoms with Gasteiger partial charge < -0.3 is 9.84 Å². The minimum Gasteiger partial charge on any atom is -0.453 e. The standard InChI is InChI=1S/C16H21FN2O2/c1-4-14-16(15(5-2)19(18-14)8-9-20)21-12-6-7-13(17)11(3)10-12/h6-7,10,20H,4-5,8-9H2,1-3H3. The number of hydrogen-bond acceptors (Lipinski definition) is 3. The quantitative estimate of drug-likeness (QED) is 0.889. The van der Waals surface area contributed by atoms with Crippen LogP contribution in [0.1, 0.15) is 30.8 Å². The molecule has 0 aliphatic heterocycles. The van der Waals surface area contributed by atoms with Gasteiger partial charge in [0.05, 0.1) is 18.8 Å². The SMILES string of the molecule is CCc1nn(CCO)c(CC)c1Oc1ccc(F)c(C)c1. The van der Waals surface area contributed by atoms with E-state index in [0.717, 1.165) is 30.0 Å². The Morgan fingerprint density at radius 2 is 2.05 bits per heavy atom. The van der Waals surface area contributed by atoms with Crippen LogP contribution in [0.4, 0.5) is 4.39 Å². The molecule has 0 amide bonds. The van der Waals surface area contributed by atoms with Gasteiger partial charge in [-0.2, -0.15) is 5.10 Å². The second-order valence-electron chi connectivity index (χ2n) is 4.89. The lowest BCUT2D eigenvalue weighted by atomic mass is 10.2. The molecule has 4 nitrogen and oxygen atoms in total. The Morgan fingerprint density at radius 3 is 2.62 bits per heavy atom. The average molecular weight is 292 g/mol. The Bertz CT molecular complexity index is 623. The number of aliphatic hydroxyl groups excluding tert-OH is 1. The van der Waals surface area contributed by atoms with E-state index in [0.29, 0.717) is 17.9 Å². The summed E-state index contributed by atoms with van der Waals surface area (Å²) in [6.45, 7) is 6.22. The molecule has 2 aromatic rings. The second kappa shape index (κ2) is 6.72. The minimum absolute atomic E-state index is 0.0347. The molecule has 21 heavy (non-hydrogen) atoms. The summed E-state index contributed by atoms with van der Waals surface area (Å²) in [5.41, 5.74) is 2.34. The first-order chi connectivity index (χ1) is 10.1. The van der Waals surface area contributed by atoms with Gasteiger partial charge in [-0.1, -0.05) is 13.8 Å². The van der Waals surface area contributed by atoms with Crippen molar-refractivity contribution in [2.24, 2.45) is 0 Å². The van der Waals surface area contributed by atoms with Crippen LogP contribution >= 0.6 is 0 Å². The third-order valence-electron chi connectivity index (χ3n) is 3.41. The molecule has 5 heteroatoms. The number of hydrogen-bond donors (Lipinski definition) is 1. The molecule has 0 unspecified atom stereocenters. The first-order valence-electron chi connectivity index (χ1n) is 7.24. The summed E-state index contributed by atoms with van der Waals surface area (Å²) in [6, 6.07) is 4.70. The topological polar surface area (TPSA) is 47.3 Å². The monoisotopic (exact) mass is 292 g/mol. The summed E-state index contributed by atoms with van der Waals surface area (Å²) in [4.78, 5) is 0. The van der Waals surface area contributed by atoms with Gasteiger partial charge in [0.1, 0.15) is 17.3 Å². The highest BCUT2D eigenvalue weighted by atomic mass is 19.1. The number of halogens is 1. The van der Waals surface area contributed by atoms with Gasteiger partial charge in [0.2, 0.25) is 0 Å². The summed E-state index contributed by atoms with van der Waals surface area (Å²) in [5, 5.41) is 13.6. The highest BCUT2D eigenvalue weighted by Crippen LogP contribution is 2.31. The van der Waals surface area contributed by atoms with Crippen molar-refractivity contribution in [3.05, 3.63) is 41.0 Å². The lowest BCUT2D eigenvalue weighted by Gasteiger charge is -2.09. The van der Waals surface area contributed by atoms with Crippen LogP contribution in [0, 0.1) is 12.7 Å². The fourth-order valence-corrected chi connectivity index (χ4v) is 2.31. The molecule has 0 aliphatic carbocycles. The fourth-order valence-electron chi connectivity index (χ4n) is 2.31. The molecule has 0 fully saturated rings. The Balaban J connectivity index is 2.39. The number of aryl methyl sites for hydroxylation is 2. The van der Waals surface area contributed by atoms with Crippen molar-refractivity contribution in [3.63, 3.8) is 0 Å². The maximum absolute atomic E-state index is 13.3. The van der Waals surface area contributed by atoms with Crippen LogP contribution in [-0.2, 0) is 19.4 Å². The Labute approximate surface area is 124 Å². The van der Waals surface area contributed by atoms with E-state index in [1.807, 2.05) is 13.8 Å². The van der Waals surface area contributed by atoms with Crippen LogP contribution < -0.4 is 4.74 Å². The van der Waals surface area contributed by atoms with Crippen molar-refractivity contribution in [1.82, 2.24) is 9.78 Å². The van der Waals surface area contributed by atoms with Gasteiger partial charge >= 0.3 is 0 Å². The normalized spacial score (nSPS) is 10.9. The molecule has 0 saturated carbocycles. The third kappa shape index (κ3) is 3.24. The van der Waals surface area contributed by atoms with Gasteiger partial charge in [-0.05, 0) is 43.5 Å². The van der Waals surface area contributed by atoms with Gasteiger partial charge in [-0.3, -0.25) is 4.68 Å². The summed E-state index contributed by atoms with van der Waals surface area (Å²) >= 11 is 0. The van der Waals surface area contributed by atoms with Gasteiger partial charge in [0.15, 0.2) is 5.75 Å². The van der Waals surface area contributed by atoms with E-state index >= 15 is 0 Å².